The Kier molecular flexibility index (Phi) is 8.69. The van der Waals surface area contributed by atoms with E-state index >= 15 is 0 Å². The molecular formula is C24H33NO7. The molecule has 32 heavy (non-hydrogen) atoms. The molecule has 1 amide bonds. The molecule has 2 N–H and O–H groups in total. The first-order valence-corrected chi connectivity index (χ1v) is 10.7. The van der Waals surface area contributed by atoms with Crippen molar-refractivity contribution in [3.05, 3.63) is 33.9 Å². The van der Waals surface area contributed by atoms with Gasteiger partial charge in [-0.15, -0.1) is 0 Å². The van der Waals surface area contributed by atoms with Gasteiger partial charge in [-0.2, -0.15) is 0 Å². The third-order valence-electron chi connectivity index (χ3n) is 5.58. The average molecular weight is 448 g/mol. The van der Waals surface area contributed by atoms with Gasteiger partial charge in [0.1, 0.15) is 29.7 Å². The number of fused-ring (bicyclic) bond motifs is 1. The molecule has 1 aromatic carbocycles. The number of carbonyl (C=O) groups is 3. The van der Waals surface area contributed by atoms with Crippen LogP contribution in [0.4, 0.5) is 0 Å². The number of hydrogen-bond acceptors (Lipinski definition) is 7. The highest BCUT2D eigenvalue weighted by atomic mass is 16.5. The first kappa shape index (κ1) is 25.2. The van der Waals surface area contributed by atoms with Gasteiger partial charge in [0.15, 0.2) is 0 Å². The van der Waals surface area contributed by atoms with E-state index in [9.17, 15) is 19.5 Å². The number of carbonyl (C=O) groups excluding carboxylic acids is 3. The number of phenolic OH excluding ortho intramolecular Hbond substituents is 1. The molecule has 1 aliphatic rings. The second-order valence-electron chi connectivity index (χ2n) is 8.44. The largest absolute Gasteiger partial charge is 0.507 e. The summed E-state index contributed by atoms with van der Waals surface area (Å²) in [5.74, 6) is -0.588. The summed E-state index contributed by atoms with van der Waals surface area (Å²) in [6.45, 7) is 7.78. The van der Waals surface area contributed by atoms with E-state index in [4.69, 9.17) is 14.2 Å². The third kappa shape index (κ3) is 5.81. The van der Waals surface area contributed by atoms with Crippen LogP contribution in [0.2, 0.25) is 0 Å². The zero-order valence-electron chi connectivity index (χ0n) is 19.7. The number of rotatable bonds is 10. The van der Waals surface area contributed by atoms with E-state index in [-0.39, 0.29) is 36.2 Å². The van der Waals surface area contributed by atoms with E-state index in [1.165, 1.54) is 14.2 Å². The van der Waals surface area contributed by atoms with Crippen LogP contribution in [0.25, 0.3) is 0 Å². The van der Waals surface area contributed by atoms with Gasteiger partial charge in [0.05, 0.1) is 14.2 Å². The summed E-state index contributed by atoms with van der Waals surface area (Å²) in [6, 6.07) is -0.660. The number of hydrogen-bond donors (Lipinski definition) is 2. The molecule has 0 aromatic heterocycles. The molecule has 0 aliphatic carbocycles. The summed E-state index contributed by atoms with van der Waals surface area (Å²) in [6.07, 6.45) is 3.43. The van der Waals surface area contributed by atoms with E-state index in [2.05, 4.69) is 5.32 Å². The SMILES string of the molecule is COC(=O)[C@H](CC(C)C)NC(=O)CCC(C)=CCc1c(O)c2c(c(C)c1OC)COC2=O. The molecule has 0 fully saturated rings. The van der Waals surface area contributed by atoms with Crippen molar-refractivity contribution in [1.82, 2.24) is 5.32 Å². The minimum Gasteiger partial charge on any atom is -0.507 e. The Morgan fingerprint density at radius 2 is 1.94 bits per heavy atom. The Hall–Kier alpha value is -3.03. The first-order chi connectivity index (χ1) is 15.1. The topological polar surface area (TPSA) is 111 Å². The lowest BCUT2D eigenvalue weighted by atomic mass is 9.94. The Balaban J connectivity index is 2.07. The van der Waals surface area contributed by atoms with Gasteiger partial charge in [-0.05, 0) is 44.6 Å². The van der Waals surface area contributed by atoms with Crippen LogP contribution in [0.15, 0.2) is 11.6 Å². The molecule has 0 saturated carbocycles. The summed E-state index contributed by atoms with van der Waals surface area (Å²) >= 11 is 0. The molecule has 8 nitrogen and oxygen atoms in total. The van der Waals surface area contributed by atoms with Gasteiger partial charge in [0, 0.05) is 17.5 Å². The van der Waals surface area contributed by atoms with Crippen molar-refractivity contribution >= 4 is 17.8 Å². The van der Waals surface area contributed by atoms with Crippen molar-refractivity contribution in [2.45, 2.75) is 66.0 Å². The molecule has 1 aliphatic heterocycles. The molecule has 0 radical (unpaired) electrons. The van der Waals surface area contributed by atoms with Gasteiger partial charge < -0.3 is 24.6 Å². The predicted octanol–water partition coefficient (Wildman–Crippen LogP) is 3.35. The molecule has 1 heterocycles. The molecule has 1 aromatic rings. The number of allylic oxidation sites excluding steroid dienone is 2. The Morgan fingerprint density at radius 1 is 1.25 bits per heavy atom. The van der Waals surface area contributed by atoms with E-state index in [1.807, 2.05) is 33.8 Å². The fraction of sp³-hybridized carbons (Fsp3) is 0.542. The molecule has 0 unspecified atom stereocenters. The standard InChI is InChI=1S/C24H33NO7/c1-13(2)11-18(23(28)31-6)25-19(26)10-8-14(3)7-9-16-21(27)20-17(12-32-24(20)29)15(4)22(16)30-5/h7,13,18,27H,8-12H2,1-6H3,(H,25,26)/t18-/m0/s1. The van der Waals surface area contributed by atoms with Crippen molar-refractivity contribution in [2.24, 2.45) is 5.92 Å². The lowest BCUT2D eigenvalue weighted by Gasteiger charge is -2.18. The van der Waals surface area contributed by atoms with Crippen LogP contribution in [0.3, 0.4) is 0 Å². The summed E-state index contributed by atoms with van der Waals surface area (Å²) < 4.78 is 15.3. The highest BCUT2D eigenvalue weighted by Gasteiger charge is 2.31. The Labute approximate surface area is 188 Å². The van der Waals surface area contributed by atoms with Crippen molar-refractivity contribution < 1.29 is 33.7 Å². The number of phenols is 1. The lowest BCUT2D eigenvalue weighted by Crippen LogP contribution is -2.42. The van der Waals surface area contributed by atoms with Gasteiger partial charge in [0.25, 0.3) is 0 Å². The number of esters is 2. The van der Waals surface area contributed by atoms with Gasteiger partial charge in [-0.3, -0.25) is 4.79 Å². The quantitative estimate of drug-likeness (QED) is 0.418. The van der Waals surface area contributed by atoms with Crippen LogP contribution in [0.5, 0.6) is 11.5 Å². The second-order valence-corrected chi connectivity index (χ2v) is 8.44. The number of benzene rings is 1. The maximum atomic E-state index is 12.3. The van der Waals surface area contributed by atoms with Gasteiger partial charge in [-0.1, -0.05) is 25.5 Å². The molecule has 1 atom stereocenters. The summed E-state index contributed by atoms with van der Waals surface area (Å²) in [5.41, 5.74) is 3.05. The fourth-order valence-electron chi connectivity index (χ4n) is 3.81. The van der Waals surface area contributed by atoms with E-state index in [0.717, 1.165) is 11.1 Å². The average Bonchev–Trinajstić information content (AvgIpc) is 3.14. The zero-order valence-corrected chi connectivity index (χ0v) is 19.7. The van der Waals surface area contributed by atoms with Crippen LogP contribution in [0, 0.1) is 12.8 Å². The van der Waals surface area contributed by atoms with E-state index in [0.29, 0.717) is 36.1 Å². The fourth-order valence-corrected chi connectivity index (χ4v) is 3.81. The monoisotopic (exact) mass is 447 g/mol. The van der Waals surface area contributed by atoms with Crippen LogP contribution >= 0.6 is 0 Å². The maximum Gasteiger partial charge on any atom is 0.342 e. The van der Waals surface area contributed by atoms with E-state index in [1.54, 1.807) is 0 Å². The predicted molar refractivity (Wildman–Crippen MR) is 119 cm³/mol. The third-order valence-corrected chi connectivity index (χ3v) is 5.58. The lowest BCUT2D eigenvalue weighted by molar-refractivity contribution is -0.145. The summed E-state index contributed by atoms with van der Waals surface area (Å²) in [7, 11) is 2.82. The number of nitrogens with one attached hydrogen (secondary N) is 1. The van der Waals surface area contributed by atoms with Crippen LogP contribution in [-0.2, 0) is 32.1 Å². The highest BCUT2D eigenvalue weighted by Crippen LogP contribution is 2.42. The van der Waals surface area contributed by atoms with E-state index < -0.39 is 18.0 Å². The maximum absolute atomic E-state index is 12.3. The molecule has 2 rings (SSSR count). The second kappa shape index (κ2) is 11.0. The van der Waals surface area contributed by atoms with Gasteiger partial charge in [-0.25, -0.2) is 9.59 Å². The van der Waals surface area contributed by atoms with Gasteiger partial charge in [0.2, 0.25) is 5.91 Å². The summed E-state index contributed by atoms with van der Waals surface area (Å²) in [5, 5.41) is 13.4. The molecule has 0 saturated heterocycles. The van der Waals surface area contributed by atoms with Crippen molar-refractivity contribution in [1.29, 1.82) is 0 Å². The minimum absolute atomic E-state index is 0.123. The molecule has 176 valence electrons. The molecule has 0 bridgehead atoms. The van der Waals surface area contributed by atoms with Crippen molar-refractivity contribution in [2.75, 3.05) is 14.2 Å². The molecule has 8 heteroatoms. The van der Waals surface area contributed by atoms with Crippen LogP contribution in [0.1, 0.15) is 67.1 Å². The number of aromatic hydroxyl groups is 1. The highest BCUT2D eigenvalue weighted by molar-refractivity contribution is 5.98. The van der Waals surface area contributed by atoms with Crippen molar-refractivity contribution in [3.63, 3.8) is 0 Å². The number of amides is 1. The zero-order chi connectivity index (χ0) is 24.0. The molecule has 0 spiro atoms. The Bertz CT molecular complexity index is 918. The van der Waals surface area contributed by atoms with Gasteiger partial charge >= 0.3 is 11.9 Å². The number of cyclic esters (lactones) is 1. The van der Waals surface area contributed by atoms with Crippen LogP contribution in [-0.4, -0.2) is 43.2 Å². The Morgan fingerprint density at radius 3 is 2.53 bits per heavy atom. The smallest absolute Gasteiger partial charge is 0.342 e. The first-order valence-electron chi connectivity index (χ1n) is 10.7. The summed E-state index contributed by atoms with van der Waals surface area (Å²) in [4.78, 5) is 36.2. The normalized spacial score (nSPS) is 14.1. The number of methoxy groups -OCH3 is 2. The minimum atomic E-state index is -0.660. The van der Waals surface area contributed by atoms with Crippen molar-refractivity contribution in [3.8, 4) is 11.5 Å². The van der Waals surface area contributed by atoms with Crippen LogP contribution < -0.4 is 10.1 Å². The molecular weight excluding hydrogens is 414 g/mol. The number of ether oxygens (including phenoxy) is 3.